The predicted octanol–water partition coefficient (Wildman–Crippen LogP) is 2.95. The van der Waals surface area contributed by atoms with Gasteiger partial charge in [-0.2, -0.15) is 0 Å². The van der Waals surface area contributed by atoms with Gasteiger partial charge in [0, 0.05) is 13.1 Å². The lowest BCUT2D eigenvalue weighted by atomic mass is 9.94. The minimum absolute atomic E-state index is 0.0738. The molecule has 3 nitrogen and oxygen atoms in total. The van der Waals surface area contributed by atoms with Crippen molar-refractivity contribution in [2.24, 2.45) is 5.92 Å². The Hall–Kier alpha value is -1.90. The van der Waals surface area contributed by atoms with Crippen LogP contribution in [0.4, 0.5) is 0 Å². The fourth-order valence-corrected chi connectivity index (χ4v) is 2.19. The minimum atomic E-state index is -0.579. The molecule has 0 heterocycles. The maximum atomic E-state index is 12.4. The quantitative estimate of drug-likeness (QED) is 0.716. The van der Waals surface area contributed by atoms with Crippen molar-refractivity contribution < 1.29 is 9.59 Å². The Balaban J connectivity index is 2.88. The van der Waals surface area contributed by atoms with E-state index in [1.54, 1.807) is 11.0 Å². The van der Waals surface area contributed by atoms with Gasteiger partial charge in [0.15, 0.2) is 0 Å². The zero-order valence-corrected chi connectivity index (χ0v) is 12.6. The number of nitrogens with zero attached hydrogens (tertiary/aromatic N) is 1. The number of benzene rings is 1. The van der Waals surface area contributed by atoms with Crippen molar-refractivity contribution >= 4 is 17.8 Å². The number of ketones is 1. The Kier molecular flexibility index (Phi) is 6.16. The molecule has 0 aliphatic heterocycles. The molecule has 0 bridgehead atoms. The molecule has 1 atom stereocenters. The summed E-state index contributed by atoms with van der Waals surface area (Å²) in [6.07, 6.45) is 2.23. The Morgan fingerprint density at radius 3 is 2.15 bits per heavy atom. The second-order valence-electron chi connectivity index (χ2n) is 4.82. The lowest BCUT2D eigenvalue weighted by Crippen LogP contribution is -2.39. The van der Waals surface area contributed by atoms with Crippen LogP contribution in [0.5, 0.6) is 0 Å². The number of hydrogen-bond acceptors (Lipinski definition) is 2. The van der Waals surface area contributed by atoms with Gasteiger partial charge in [0.1, 0.15) is 11.7 Å². The Morgan fingerprint density at radius 1 is 1.20 bits per heavy atom. The molecule has 0 aliphatic carbocycles. The van der Waals surface area contributed by atoms with Gasteiger partial charge in [0.25, 0.3) is 0 Å². The lowest BCUT2D eigenvalue weighted by Gasteiger charge is -2.23. The topological polar surface area (TPSA) is 37.4 Å². The van der Waals surface area contributed by atoms with Crippen molar-refractivity contribution in [3.8, 4) is 0 Å². The Morgan fingerprint density at radius 2 is 1.75 bits per heavy atom. The lowest BCUT2D eigenvalue weighted by molar-refractivity contribution is -0.140. The van der Waals surface area contributed by atoms with Crippen LogP contribution in [0.25, 0.3) is 6.08 Å². The highest BCUT2D eigenvalue weighted by Crippen LogP contribution is 2.15. The number of carbonyl (C=O) groups is 2. The molecule has 0 N–H and O–H groups in total. The Labute approximate surface area is 121 Å². The van der Waals surface area contributed by atoms with Gasteiger partial charge in [-0.05, 0) is 38.3 Å². The van der Waals surface area contributed by atoms with Crippen molar-refractivity contribution in [2.45, 2.75) is 27.2 Å². The van der Waals surface area contributed by atoms with E-state index < -0.39 is 5.92 Å². The van der Waals surface area contributed by atoms with Gasteiger partial charge in [0.05, 0.1) is 0 Å². The van der Waals surface area contributed by atoms with E-state index in [2.05, 4.69) is 6.58 Å². The molecule has 0 radical (unpaired) electrons. The second kappa shape index (κ2) is 7.63. The zero-order chi connectivity index (χ0) is 15.1. The molecule has 3 heteroatoms. The molecule has 0 fully saturated rings. The van der Waals surface area contributed by atoms with Crippen LogP contribution in [0.2, 0.25) is 0 Å². The summed E-state index contributed by atoms with van der Waals surface area (Å²) in [4.78, 5) is 25.9. The van der Waals surface area contributed by atoms with E-state index in [-0.39, 0.29) is 11.7 Å². The molecule has 1 aromatic carbocycles. The largest absolute Gasteiger partial charge is 0.343 e. The van der Waals surface area contributed by atoms with Gasteiger partial charge >= 0.3 is 0 Å². The fraction of sp³-hybridized carbons (Fsp3) is 0.412. The smallest absolute Gasteiger partial charge is 0.233 e. The second-order valence-corrected chi connectivity index (χ2v) is 4.82. The number of amides is 1. The molecule has 0 spiro atoms. The molecule has 1 aromatic rings. The molecule has 0 saturated carbocycles. The minimum Gasteiger partial charge on any atom is -0.343 e. The van der Waals surface area contributed by atoms with E-state index >= 15 is 0 Å². The third-order valence-electron chi connectivity index (χ3n) is 3.52. The number of rotatable bonds is 7. The van der Waals surface area contributed by atoms with Crippen molar-refractivity contribution in [2.75, 3.05) is 13.1 Å². The molecular weight excluding hydrogens is 250 g/mol. The number of Topliss-reactive ketones (excluding diaryl/α,β-unsaturated/α-hetero) is 1. The fourth-order valence-electron chi connectivity index (χ4n) is 2.19. The van der Waals surface area contributed by atoms with E-state index in [4.69, 9.17) is 0 Å². The van der Waals surface area contributed by atoms with Crippen LogP contribution >= 0.6 is 0 Å². The summed E-state index contributed by atoms with van der Waals surface area (Å²) in [5.41, 5.74) is 2.03. The average molecular weight is 273 g/mol. The van der Waals surface area contributed by atoms with Crippen molar-refractivity contribution in [1.82, 2.24) is 4.90 Å². The first-order chi connectivity index (χ1) is 9.53. The normalized spacial score (nSPS) is 11.8. The van der Waals surface area contributed by atoms with Crippen LogP contribution in [-0.4, -0.2) is 29.7 Å². The summed E-state index contributed by atoms with van der Waals surface area (Å²) >= 11 is 0. The summed E-state index contributed by atoms with van der Waals surface area (Å²) in [6, 6.07) is 7.79. The zero-order valence-electron chi connectivity index (χ0n) is 12.6. The van der Waals surface area contributed by atoms with Crippen LogP contribution in [-0.2, 0) is 16.0 Å². The number of hydrogen-bond donors (Lipinski definition) is 0. The highest BCUT2D eigenvalue weighted by Gasteiger charge is 2.26. The van der Waals surface area contributed by atoms with Gasteiger partial charge < -0.3 is 4.90 Å². The van der Waals surface area contributed by atoms with Crippen LogP contribution in [0.3, 0.4) is 0 Å². The predicted molar refractivity (Wildman–Crippen MR) is 82.3 cm³/mol. The first kappa shape index (κ1) is 16.2. The maximum Gasteiger partial charge on any atom is 0.233 e. The first-order valence-electron chi connectivity index (χ1n) is 7.04. The third kappa shape index (κ3) is 4.05. The van der Waals surface area contributed by atoms with Gasteiger partial charge in [-0.3, -0.25) is 9.59 Å². The summed E-state index contributed by atoms with van der Waals surface area (Å²) in [6.45, 7) is 10.3. The summed E-state index contributed by atoms with van der Waals surface area (Å²) in [5, 5.41) is 0. The molecule has 1 unspecified atom stereocenters. The van der Waals surface area contributed by atoms with E-state index in [1.165, 1.54) is 6.92 Å². The highest BCUT2D eigenvalue weighted by molar-refractivity contribution is 6.00. The first-order valence-corrected chi connectivity index (χ1v) is 7.04. The number of carbonyl (C=O) groups excluding carboxylic acids is 2. The van der Waals surface area contributed by atoms with Crippen LogP contribution in [0.1, 0.15) is 31.9 Å². The van der Waals surface area contributed by atoms with Crippen LogP contribution in [0, 0.1) is 5.92 Å². The molecular formula is C17H23NO2. The molecule has 1 rings (SSSR count). The van der Waals surface area contributed by atoms with E-state index in [0.717, 1.165) is 11.1 Å². The molecule has 0 saturated heterocycles. The van der Waals surface area contributed by atoms with Crippen LogP contribution < -0.4 is 0 Å². The summed E-state index contributed by atoms with van der Waals surface area (Å²) in [5.74, 6) is -0.727. The summed E-state index contributed by atoms with van der Waals surface area (Å²) in [7, 11) is 0. The monoisotopic (exact) mass is 273 g/mol. The van der Waals surface area contributed by atoms with Gasteiger partial charge in [-0.25, -0.2) is 0 Å². The van der Waals surface area contributed by atoms with Gasteiger partial charge in [-0.15, -0.1) is 0 Å². The highest BCUT2D eigenvalue weighted by atomic mass is 16.2. The van der Waals surface area contributed by atoms with Crippen LogP contribution in [0.15, 0.2) is 30.8 Å². The summed E-state index contributed by atoms with van der Waals surface area (Å²) < 4.78 is 0. The molecule has 1 amide bonds. The van der Waals surface area contributed by atoms with Gasteiger partial charge in [-0.1, -0.05) is 36.9 Å². The van der Waals surface area contributed by atoms with E-state index in [9.17, 15) is 9.59 Å². The molecule has 108 valence electrons. The average Bonchev–Trinajstić information content (AvgIpc) is 2.46. The van der Waals surface area contributed by atoms with Crippen molar-refractivity contribution in [1.29, 1.82) is 0 Å². The van der Waals surface area contributed by atoms with Crippen molar-refractivity contribution in [3.63, 3.8) is 0 Å². The molecule has 20 heavy (non-hydrogen) atoms. The third-order valence-corrected chi connectivity index (χ3v) is 3.52. The molecule has 0 aliphatic rings. The Bertz CT molecular complexity index is 472. The standard InChI is InChI=1S/C17H23NO2/c1-5-14-8-10-15(11-9-14)12-16(13(4)19)17(20)18(6-2)7-3/h5,8-11,16H,1,6-7,12H2,2-4H3. The van der Waals surface area contributed by atoms with Gasteiger partial charge in [0.2, 0.25) is 5.91 Å². The van der Waals surface area contributed by atoms with Crippen molar-refractivity contribution in [3.05, 3.63) is 42.0 Å². The SMILES string of the molecule is C=Cc1ccc(CC(C(C)=O)C(=O)N(CC)CC)cc1. The molecule has 0 aromatic heterocycles. The van der Waals surface area contributed by atoms with E-state index in [0.29, 0.717) is 19.5 Å². The van der Waals surface area contributed by atoms with E-state index in [1.807, 2.05) is 38.1 Å². The maximum absolute atomic E-state index is 12.4.